The first-order valence-corrected chi connectivity index (χ1v) is 12.2. The predicted molar refractivity (Wildman–Crippen MR) is 145 cm³/mol. The first-order valence-electron chi connectivity index (χ1n) is 12.2. The first-order chi connectivity index (χ1) is 18.1. The van der Waals surface area contributed by atoms with Crippen molar-refractivity contribution in [2.75, 3.05) is 12.4 Å². The van der Waals surface area contributed by atoms with Crippen LogP contribution in [0.15, 0.2) is 103 Å². The lowest BCUT2D eigenvalue weighted by Gasteiger charge is -2.18. The van der Waals surface area contributed by atoms with Gasteiger partial charge in [-0.3, -0.25) is 4.79 Å². The summed E-state index contributed by atoms with van der Waals surface area (Å²) in [6.07, 6.45) is 1.83. The van der Waals surface area contributed by atoms with Gasteiger partial charge in [-0.05, 0) is 46.5 Å². The fourth-order valence-corrected chi connectivity index (χ4v) is 4.28. The Balaban J connectivity index is 1.37. The van der Waals surface area contributed by atoms with E-state index in [0.29, 0.717) is 12.1 Å². The number of likely N-dealkylation sites (N-methyl/N-ethyl adjacent to an activating group) is 1. The number of halogens is 1. The van der Waals surface area contributed by atoms with Crippen LogP contribution in [0.2, 0.25) is 0 Å². The molecule has 5 aromatic rings. The van der Waals surface area contributed by atoms with Gasteiger partial charge in [-0.1, -0.05) is 72.8 Å². The Labute approximate surface area is 215 Å². The number of aromatic nitrogens is 2. The Hall–Kier alpha value is -4.58. The summed E-state index contributed by atoms with van der Waals surface area (Å²) in [5.41, 5.74) is 5.16. The van der Waals surface area contributed by atoms with E-state index in [1.165, 1.54) is 6.07 Å². The predicted octanol–water partition coefficient (Wildman–Crippen LogP) is 6.25. The standard InChI is InChI=1S/C31H27FN4O/c1-36(30(37)16-22-8-4-2-5-9-22)20-26-17-24(12-14-28(26)32)25-13-15-29-27(18-25)31(35-21-34-29)33-19-23-10-6-3-7-11-23/h2-15,17-18,21H,16,19-20H2,1H3,(H,33,34,35). The molecule has 5 nitrogen and oxygen atoms in total. The molecule has 0 aliphatic heterocycles. The second-order valence-corrected chi connectivity index (χ2v) is 9.01. The van der Waals surface area contributed by atoms with Gasteiger partial charge in [0.15, 0.2) is 0 Å². The highest BCUT2D eigenvalue weighted by atomic mass is 19.1. The van der Waals surface area contributed by atoms with Crippen molar-refractivity contribution in [1.29, 1.82) is 0 Å². The number of fused-ring (bicyclic) bond motifs is 1. The third kappa shape index (κ3) is 5.81. The van der Waals surface area contributed by atoms with E-state index in [0.717, 1.165) is 39.0 Å². The van der Waals surface area contributed by atoms with Crippen LogP contribution < -0.4 is 5.32 Å². The van der Waals surface area contributed by atoms with E-state index in [-0.39, 0.29) is 24.7 Å². The third-order valence-corrected chi connectivity index (χ3v) is 6.35. The molecule has 0 radical (unpaired) electrons. The number of hydrogen-bond acceptors (Lipinski definition) is 4. The number of carbonyl (C=O) groups is 1. The zero-order valence-corrected chi connectivity index (χ0v) is 20.6. The average molecular weight is 491 g/mol. The maximum Gasteiger partial charge on any atom is 0.227 e. The number of rotatable bonds is 8. The van der Waals surface area contributed by atoms with Gasteiger partial charge in [0, 0.05) is 31.1 Å². The van der Waals surface area contributed by atoms with Crippen LogP contribution in [0.5, 0.6) is 0 Å². The normalized spacial score (nSPS) is 10.9. The Bertz CT molecular complexity index is 1520. The summed E-state index contributed by atoms with van der Waals surface area (Å²) >= 11 is 0. The first kappa shape index (κ1) is 24.1. The van der Waals surface area contributed by atoms with Crippen LogP contribution >= 0.6 is 0 Å². The van der Waals surface area contributed by atoms with Gasteiger partial charge in [0.25, 0.3) is 0 Å². The van der Waals surface area contributed by atoms with E-state index in [2.05, 4.69) is 27.4 Å². The summed E-state index contributed by atoms with van der Waals surface area (Å²) in [6.45, 7) is 0.827. The van der Waals surface area contributed by atoms with Crippen LogP contribution in [0, 0.1) is 5.82 Å². The molecule has 5 rings (SSSR count). The molecule has 6 heteroatoms. The van der Waals surface area contributed by atoms with Gasteiger partial charge < -0.3 is 10.2 Å². The average Bonchev–Trinajstić information content (AvgIpc) is 2.94. The van der Waals surface area contributed by atoms with Gasteiger partial charge in [-0.15, -0.1) is 0 Å². The molecule has 1 amide bonds. The van der Waals surface area contributed by atoms with E-state index in [4.69, 9.17) is 0 Å². The van der Waals surface area contributed by atoms with E-state index < -0.39 is 0 Å². The molecule has 0 atom stereocenters. The fourth-order valence-electron chi connectivity index (χ4n) is 4.28. The van der Waals surface area contributed by atoms with Crippen molar-refractivity contribution < 1.29 is 9.18 Å². The summed E-state index contributed by atoms with van der Waals surface area (Å²) in [4.78, 5) is 23.1. The van der Waals surface area contributed by atoms with Gasteiger partial charge in [0.1, 0.15) is 18.0 Å². The number of nitrogens with one attached hydrogen (secondary N) is 1. The third-order valence-electron chi connectivity index (χ3n) is 6.35. The minimum absolute atomic E-state index is 0.0620. The largest absolute Gasteiger partial charge is 0.365 e. The van der Waals surface area contributed by atoms with Crippen molar-refractivity contribution in [2.45, 2.75) is 19.5 Å². The lowest BCUT2D eigenvalue weighted by Crippen LogP contribution is -2.28. The van der Waals surface area contributed by atoms with Crippen LogP contribution in [-0.2, 0) is 24.3 Å². The molecule has 0 aliphatic carbocycles. The summed E-state index contributed by atoms with van der Waals surface area (Å²) in [6, 6.07) is 30.6. The van der Waals surface area contributed by atoms with Gasteiger partial charge in [0.2, 0.25) is 5.91 Å². The van der Waals surface area contributed by atoms with Crippen molar-refractivity contribution in [1.82, 2.24) is 14.9 Å². The van der Waals surface area contributed by atoms with Crippen molar-refractivity contribution in [3.05, 3.63) is 126 Å². The summed E-state index contributed by atoms with van der Waals surface area (Å²) in [7, 11) is 1.70. The molecule has 4 aromatic carbocycles. The number of hydrogen-bond donors (Lipinski definition) is 1. The van der Waals surface area contributed by atoms with Crippen LogP contribution in [0.4, 0.5) is 10.2 Å². The highest BCUT2D eigenvalue weighted by molar-refractivity contribution is 5.92. The monoisotopic (exact) mass is 490 g/mol. The minimum atomic E-state index is -0.336. The molecule has 1 N–H and O–H groups in total. The van der Waals surface area contributed by atoms with Crippen LogP contribution in [0.1, 0.15) is 16.7 Å². The quantitative estimate of drug-likeness (QED) is 0.279. The van der Waals surface area contributed by atoms with Crippen molar-refractivity contribution >= 4 is 22.6 Å². The molecule has 0 fully saturated rings. The van der Waals surface area contributed by atoms with E-state index in [9.17, 15) is 9.18 Å². The van der Waals surface area contributed by atoms with Gasteiger partial charge >= 0.3 is 0 Å². The lowest BCUT2D eigenvalue weighted by molar-refractivity contribution is -0.129. The molecular formula is C31H27FN4O. The topological polar surface area (TPSA) is 58.1 Å². The smallest absolute Gasteiger partial charge is 0.227 e. The second kappa shape index (κ2) is 11.0. The molecule has 0 unspecified atom stereocenters. The van der Waals surface area contributed by atoms with Crippen LogP contribution in [0.3, 0.4) is 0 Å². The van der Waals surface area contributed by atoms with E-state index in [1.807, 2.05) is 72.8 Å². The number of amides is 1. The number of anilines is 1. The Morgan fingerprint density at radius 2 is 1.51 bits per heavy atom. The Morgan fingerprint density at radius 3 is 2.27 bits per heavy atom. The van der Waals surface area contributed by atoms with Crippen molar-refractivity contribution in [3.8, 4) is 11.1 Å². The summed E-state index contributed by atoms with van der Waals surface area (Å²) in [5.74, 6) is 0.342. The van der Waals surface area contributed by atoms with Crippen LogP contribution in [0.25, 0.3) is 22.0 Å². The molecule has 0 bridgehead atoms. The summed E-state index contributed by atoms with van der Waals surface area (Å²) < 4.78 is 14.7. The molecular weight excluding hydrogens is 463 g/mol. The van der Waals surface area contributed by atoms with Crippen molar-refractivity contribution in [3.63, 3.8) is 0 Å². The highest BCUT2D eigenvalue weighted by Crippen LogP contribution is 2.29. The number of carbonyl (C=O) groups excluding carboxylic acids is 1. The molecule has 1 aromatic heterocycles. The molecule has 0 aliphatic rings. The van der Waals surface area contributed by atoms with Crippen LogP contribution in [-0.4, -0.2) is 27.8 Å². The molecule has 1 heterocycles. The van der Waals surface area contributed by atoms with Crippen molar-refractivity contribution in [2.24, 2.45) is 0 Å². The number of benzene rings is 4. The zero-order valence-electron chi connectivity index (χ0n) is 20.6. The molecule has 0 spiro atoms. The molecule has 184 valence electrons. The van der Waals surface area contributed by atoms with E-state index >= 15 is 0 Å². The maximum absolute atomic E-state index is 14.7. The zero-order chi connectivity index (χ0) is 25.6. The molecule has 0 saturated carbocycles. The van der Waals surface area contributed by atoms with Gasteiger partial charge in [-0.2, -0.15) is 0 Å². The second-order valence-electron chi connectivity index (χ2n) is 9.01. The highest BCUT2D eigenvalue weighted by Gasteiger charge is 2.14. The lowest BCUT2D eigenvalue weighted by atomic mass is 10.0. The van der Waals surface area contributed by atoms with Gasteiger partial charge in [-0.25, -0.2) is 14.4 Å². The Morgan fingerprint density at radius 1 is 0.838 bits per heavy atom. The molecule has 0 saturated heterocycles. The van der Waals surface area contributed by atoms with Gasteiger partial charge in [0.05, 0.1) is 11.9 Å². The summed E-state index contributed by atoms with van der Waals surface area (Å²) in [5, 5.41) is 4.29. The maximum atomic E-state index is 14.7. The van der Waals surface area contributed by atoms with E-state index in [1.54, 1.807) is 24.3 Å². The minimum Gasteiger partial charge on any atom is -0.365 e. The fraction of sp³-hybridized carbons (Fsp3) is 0.129. The SMILES string of the molecule is CN(Cc1cc(-c2ccc3ncnc(NCc4ccccc4)c3c2)ccc1F)C(=O)Cc1ccccc1. The molecule has 37 heavy (non-hydrogen) atoms. The number of nitrogens with zero attached hydrogens (tertiary/aromatic N) is 3. The Kier molecular flexibility index (Phi) is 7.17.